The van der Waals surface area contributed by atoms with Gasteiger partial charge in [0.2, 0.25) is 11.8 Å². The van der Waals surface area contributed by atoms with E-state index < -0.39 is 15.8 Å². The quantitative estimate of drug-likeness (QED) is 0.734. The summed E-state index contributed by atoms with van der Waals surface area (Å²) in [5.74, 6) is -0.501. The largest absolute Gasteiger partial charge is 0.341 e. The summed E-state index contributed by atoms with van der Waals surface area (Å²) in [6.07, 6.45) is 0.638. The molecule has 2 aliphatic heterocycles. The Labute approximate surface area is 156 Å². The van der Waals surface area contributed by atoms with Gasteiger partial charge in [-0.1, -0.05) is 15.9 Å². The number of anilines is 1. The first-order valence-corrected chi connectivity index (χ1v) is 10.8. The number of amides is 2. The molecule has 2 fully saturated rings. The molecule has 0 saturated carbocycles. The van der Waals surface area contributed by atoms with Crippen molar-refractivity contribution in [3.63, 3.8) is 0 Å². The minimum atomic E-state index is -3.05. The first kappa shape index (κ1) is 18.4. The van der Waals surface area contributed by atoms with Gasteiger partial charge in [0, 0.05) is 36.2 Å². The molecule has 8 heteroatoms. The highest BCUT2D eigenvalue weighted by molar-refractivity contribution is 9.10. The van der Waals surface area contributed by atoms with E-state index in [1.165, 1.54) is 4.90 Å². The molecule has 2 atom stereocenters. The fraction of sp³-hybridized carbons (Fsp3) is 0.529. The maximum atomic E-state index is 12.7. The van der Waals surface area contributed by atoms with Gasteiger partial charge in [-0.05, 0) is 37.1 Å². The number of sulfone groups is 1. The summed E-state index contributed by atoms with van der Waals surface area (Å²) in [7, 11) is -1.40. The summed E-state index contributed by atoms with van der Waals surface area (Å²) < 4.78 is 24.2. The van der Waals surface area contributed by atoms with E-state index in [4.69, 9.17) is 0 Å². The van der Waals surface area contributed by atoms with Crippen LogP contribution in [0.2, 0.25) is 0 Å². The molecule has 2 amide bonds. The van der Waals surface area contributed by atoms with Crippen LogP contribution in [0.1, 0.15) is 18.4 Å². The Kier molecular flexibility index (Phi) is 4.94. The lowest BCUT2D eigenvalue weighted by atomic mass is 10.1. The molecule has 0 radical (unpaired) electrons. The summed E-state index contributed by atoms with van der Waals surface area (Å²) in [5.41, 5.74) is 1.81. The van der Waals surface area contributed by atoms with Crippen molar-refractivity contribution in [2.45, 2.75) is 25.8 Å². The summed E-state index contributed by atoms with van der Waals surface area (Å²) in [6.45, 7) is 2.29. The van der Waals surface area contributed by atoms with Crippen LogP contribution < -0.4 is 4.90 Å². The van der Waals surface area contributed by atoms with Crippen LogP contribution >= 0.6 is 15.9 Å². The van der Waals surface area contributed by atoms with Crippen LogP contribution in [0, 0.1) is 12.8 Å². The summed E-state index contributed by atoms with van der Waals surface area (Å²) in [5, 5.41) is 0. The maximum absolute atomic E-state index is 12.7. The van der Waals surface area contributed by atoms with Crippen LogP contribution in [-0.4, -0.2) is 56.3 Å². The number of halogens is 1. The third-order valence-corrected chi connectivity index (χ3v) is 7.67. The van der Waals surface area contributed by atoms with E-state index in [2.05, 4.69) is 15.9 Å². The Bertz CT molecular complexity index is 824. The van der Waals surface area contributed by atoms with E-state index in [1.807, 2.05) is 25.1 Å². The molecule has 2 aliphatic rings. The zero-order valence-corrected chi connectivity index (χ0v) is 16.6. The van der Waals surface area contributed by atoms with E-state index in [1.54, 1.807) is 11.9 Å². The molecule has 0 bridgehead atoms. The normalized spacial score (nSPS) is 25.4. The van der Waals surface area contributed by atoms with Gasteiger partial charge in [0.05, 0.1) is 17.4 Å². The number of hydrogen-bond donors (Lipinski definition) is 0. The molecule has 0 spiro atoms. The lowest BCUT2D eigenvalue weighted by Gasteiger charge is -2.26. The van der Waals surface area contributed by atoms with Gasteiger partial charge < -0.3 is 9.80 Å². The Hall–Kier alpha value is -1.41. The number of carbonyl (C=O) groups is 2. The molecule has 0 aliphatic carbocycles. The van der Waals surface area contributed by atoms with Gasteiger partial charge in [0.1, 0.15) is 0 Å². The molecule has 3 rings (SSSR count). The SMILES string of the molecule is Cc1cc(N2CC(C(=O)N(C)C3CCS(=O)(=O)C3)CC2=O)ccc1Br. The third-order valence-electron chi connectivity index (χ3n) is 5.03. The molecule has 0 N–H and O–H groups in total. The molecule has 1 aromatic rings. The number of rotatable bonds is 3. The van der Waals surface area contributed by atoms with Crippen LogP contribution in [0.4, 0.5) is 5.69 Å². The molecular formula is C17H21BrN2O4S. The van der Waals surface area contributed by atoms with Gasteiger partial charge in [0.25, 0.3) is 0 Å². The van der Waals surface area contributed by atoms with Crippen molar-refractivity contribution in [1.29, 1.82) is 0 Å². The summed E-state index contributed by atoms with van der Waals surface area (Å²) in [4.78, 5) is 28.3. The van der Waals surface area contributed by atoms with Crippen molar-refractivity contribution >= 4 is 43.3 Å². The highest BCUT2D eigenvalue weighted by atomic mass is 79.9. The topological polar surface area (TPSA) is 74.8 Å². The van der Waals surface area contributed by atoms with Crippen molar-refractivity contribution in [3.05, 3.63) is 28.2 Å². The fourth-order valence-electron chi connectivity index (χ4n) is 3.47. The minimum Gasteiger partial charge on any atom is -0.341 e. The van der Waals surface area contributed by atoms with Crippen molar-refractivity contribution in [2.24, 2.45) is 5.92 Å². The van der Waals surface area contributed by atoms with E-state index in [0.29, 0.717) is 13.0 Å². The Morgan fingerprint density at radius 1 is 1.36 bits per heavy atom. The van der Waals surface area contributed by atoms with Crippen molar-refractivity contribution in [3.8, 4) is 0 Å². The molecule has 2 heterocycles. The highest BCUT2D eigenvalue weighted by Crippen LogP contribution is 2.30. The van der Waals surface area contributed by atoms with Crippen molar-refractivity contribution < 1.29 is 18.0 Å². The summed E-state index contributed by atoms with van der Waals surface area (Å²) >= 11 is 3.44. The minimum absolute atomic E-state index is 0.0194. The van der Waals surface area contributed by atoms with Gasteiger partial charge in [0.15, 0.2) is 9.84 Å². The zero-order chi connectivity index (χ0) is 18.4. The first-order chi connectivity index (χ1) is 11.7. The zero-order valence-electron chi connectivity index (χ0n) is 14.2. The average Bonchev–Trinajstić information content (AvgIpc) is 3.11. The van der Waals surface area contributed by atoms with Crippen LogP contribution in [0.5, 0.6) is 0 Å². The molecule has 25 heavy (non-hydrogen) atoms. The predicted molar refractivity (Wildman–Crippen MR) is 99.2 cm³/mol. The van der Waals surface area contributed by atoms with E-state index in [9.17, 15) is 18.0 Å². The molecule has 1 aromatic carbocycles. The van der Waals surface area contributed by atoms with Gasteiger partial charge >= 0.3 is 0 Å². The Morgan fingerprint density at radius 2 is 2.08 bits per heavy atom. The van der Waals surface area contributed by atoms with E-state index in [-0.39, 0.29) is 35.8 Å². The van der Waals surface area contributed by atoms with E-state index in [0.717, 1.165) is 15.7 Å². The van der Waals surface area contributed by atoms with Gasteiger partial charge in [-0.3, -0.25) is 9.59 Å². The number of carbonyl (C=O) groups excluding carboxylic acids is 2. The second-order valence-electron chi connectivity index (χ2n) is 6.84. The number of benzene rings is 1. The molecule has 6 nitrogen and oxygen atoms in total. The van der Waals surface area contributed by atoms with Crippen LogP contribution in [-0.2, 0) is 19.4 Å². The first-order valence-electron chi connectivity index (χ1n) is 8.21. The Balaban J connectivity index is 1.71. The van der Waals surface area contributed by atoms with Gasteiger partial charge in [-0.25, -0.2) is 8.42 Å². The highest BCUT2D eigenvalue weighted by Gasteiger charge is 2.40. The van der Waals surface area contributed by atoms with Crippen molar-refractivity contribution in [1.82, 2.24) is 4.90 Å². The standard InChI is InChI=1S/C17H21BrN2O4S/c1-11-7-13(3-4-15(11)18)20-9-12(8-16(20)21)17(22)19(2)14-5-6-25(23,24)10-14/h3-4,7,12,14H,5-6,8-10H2,1-2H3. The molecule has 2 unspecified atom stereocenters. The van der Waals surface area contributed by atoms with Crippen LogP contribution in [0.15, 0.2) is 22.7 Å². The maximum Gasteiger partial charge on any atom is 0.228 e. The molecule has 2 saturated heterocycles. The average molecular weight is 429 g/mol. The molecule has 0 aromatic heterocycles. The van der Waals surface area contributed by atoms with Crippen LogP contribution in [0.25, 0.3) is 0 Å². The fourth-order valence-corrected chi connectivity index (χ4v) is 5.49. The van der Waals surface area contributed by atoms with E-state index >= 15 is 0 Å². The number of aryl methyl sites for hydroxylation is 1. The molecule has 136 valence electrons. The molecular weight excluding hydrogens is 408 g/mol. The lowest BCUT2D eigenvalue weighted by molar-refractivity contribution is -0.136. The van der Waals surface area contributed by atoms with Gasteiger partial charge in [-0.2, -0.15) is 0 Å². The van der Waals surface area contributed by atoms with Crippen molar-refractivity contribution in [2.75, 3.05) is 30.0 Å². The number of hydrogen-bond acceptors (Lipinski definition) is 4. The third kappa shape index (κ3) is 3.74. The second kappa shape index (κ2) is 6.72. The predicted octanol–water partition coefficient (Wildman–Crippen LogP) is 1.76. The number of nitrogens with zero attached hydrogens (tertiary/aromatic N) is 2. The lowest BCUT2D eigenvalue weighted by Crippen LogP contribution is -2.42. The Morgan fingerprint density at radius 3 is 2.68 bits per heavy atom. The monoisotopic (exact) mass is 428 g/mol. The second-order valence-corrected chi connectivity index (χ2v) is 9.93. The van der Waals surface area contributed by atoms with Crippen LogP contribution in [0.3, 0.4) is 0 Å². The van der Waals surface area contributed by atoms with Gasteiger partial charge in [-0.15, -0.1) is 0 Å². The smallest absolute Gasteiger partial charge is 0.228 e. The summed E-state index contributed by atoms with van der Waals surface area (Å²) in [6, 6.07) is 5.39.